The Kier molecular flexibility index (Phi) is 9.55. The van der Waals surface area contributed by atoms with E-state index in [4.69, 9.17) is 0 Å². The maximum absolute atomic E-state index is 13.0. The summed E-state index contributed by atoms with van der Waals surface area (Å²) in [5.74, 6) is -0.106. The average Bonchev–Trinajstić information content (AvgIpc) is 2.86. The first kappa shape index (κ1) is 28.8. The fourth-order valence-corrected chi connectivity index (χ4v) is 7.54. The first-order valence-electron chi connectivity index (χ1n) is 11.8. The summed E-state index contributed by atoms with van der Waals surface area (Å²) in [6.45, 7) is 0. The molecular weight excluding hydrogens is 744 g/mol. The van der Waals surface area contributed by atoms with Gasteiger partial charge in [0.05, 0.1) is 20.2 Å². The van der Waals surface area contributed by atoms with E-state index in [1.54, 1.807) is 0 Å². The van der Waals surface area contributed by atoms with Gasteiger partial charge in [-0.25, -0.2) is 8.42 Å². The minimum atomic E-state index is -3.26. The number of benzene rings is 2. The molecule has 0 fully saturated rings. The highest BCUT2D eigenvalue weighted by molar-refractivity contribution is 9.11. The summed E-state index contributed by atoms with van der Waals surface area (Å²) >= 11 is 14.6. The zero-order valence-electron chi connectivity index (χ0n) is 19.9. The van der Waals surface area contributed by atoms with Gasteiger partial charge in [0.1, 0.15) is 0 Å². The number of halogens is 4. The Hall–Kier alpha value is -1.25. The molecule has 7 heteroatoms. The molecule has 2 aromatic rings. The Bertz CT molecular complexity index is 1290. The van der Waals surface area contributed by atoms with Crippen LogP contribution in [0.1, 0.15) is 11.1 Å². The molecule has 4 rings (SSSR count). The van der Waals surface area contributed by atoms with Crippen LogP contribution in [0.5, 0.6) is 0 Å². The van der Waals surface area contributed by atoms with Crippen molar-refractivity contribution in [1.29, 1.82) is 0 Å². The number of hydrogen-bond acceptors (Lipinski definition) is 2. The fraction of sp³-hybridized carbons (Fsp3) is 0.200. The Labute approximate surface area is 253 Å². The second-order valence-electron chi connectivity index (χ2n) is 9.21. The van der Waals surface area contributed by atoms with Crippen LogP contribution in [0, 0.1) is 11.8 Å². The Morgan fingerprint density at radius 2 is 1.00 bits per heavy atom. The zero-order valence-corrected chi connectivity index (χ0v) is 27.0. The number of allylic oxidation sites excluding steroid dienone is 10. The summed E-state index contributed by atoms with van der Waals surface area (Å²) in [6, 6.07) is 16.0. The zero-order chi connectivity index (χ0) is 26.5. The van der Waals surface area contributed by atoms with E-state index >= 15 is 0 Å². The topological polar surface area (TPSA) is 34.1 Å². The van der Waals surface area contributed by atoms with Gasteiger partial charge in [-0.15, -0.1) is 0 Å². The van der Waals surface area contributed by atoms with E-state index in [-0.39, 0.29) is 23.3 Å². The van der Waals surface area contributed by atoms with Gasteiger partial charge in [0.15, 0.2) is 9.84 Å². The lowest BCUT2D eigenvalue weighted by Gasteiger charge is -2.24. The average molecular weight is 770 g/mol. The lowest BCUT2D eigenvalue weighted by molar-refractivity contribution is 0.586. The number of rotatable bonds is 8. The van der Waals surface area contributed by atoms with E-state index in [2.05, 4.69) is 75.9 Å². The van der Waals surface area contributed by atoms with Crippen LogP contribution in [0.2, 0.25) is 0 Å². The second kappa shape index (κ2) is 12.3. The summed E-state index contributed by atoms with van der Waals surface area (Å²) in [6.07, 6.45) is 24.1. The van der Waals surface area contributed by atoms with Crippen molar-refractivity contribution in [3.05, 3.63) is 129 Å². The molecule has 2 aliphatic carbocycles. The SMILES string of the molecule is O=S(=O)(CC1C=CC(Br)(/C=C/c2ccccc2Br)C=C1)CC1C=CC(Br)(/C=C/c2ccccc2Br)C=C1. The molecule has 0 N–H and O–H groups in total. The molecular formula is C30H26Br4O2S. The third-order valence-corrected chi connectivity index (χ3v) is 11.0. The molecule has 2 aliphatic rings. The third kappa shape index (κ3) is 8.37. The van der Waals surface area contributed by atoms with Crippen LogP contribution in [-0.4, -0.2) is 28.6 Å². The van der Waals surface area contributed by atoms with Gasteiger partial charge in [-0.1, -0.05) is 173 Å². The first-order chi connectivity index (χ1) is 17.5. The van der Waals surface area contributed by atoms with Crippen molar-refractivity contribution in [2.45, 2.75) is 8.65 Å². The van der Waals surface area contributed by atoms with Crippen molar-refractivity contribution in [2.24, 2.45) is 11.8 Å². The molecule has 0 saturated heterocycles. The highest BCUT2D eigenvalue weighted by Gasteiger charge is 2.27. The quantitative estimate of drug-likeness (QED) is 0.199. The molecule has 0 spiro atoms. The molecule has 37 heavy (non-hydrogen) atoms. The molecule has 0 heterocycles. The van der Waals surface area contributed by atoms with Gasteiger partial charge in [0, 0.05) is 20.8 Å². The van der Waals surface area contributed by atoms with Crippen molar-refractivity contribution >= 4 is 85.7 Å². The lowest BCUT2D eigenvalue weighted by Crippen LogP contribution is -2.25. The highest BCUT2D eigenvalue weighted by atomic mass is 79.9. The maximum atomic E-state index is 13.0. The van der Waals surface area contributed by atoms with Gasteiger partial charge in [-0.05, 0) is 23.3 Å². The summed E-state index contributed by atoms with van der Waals surface area (Å²) in [7, 11) is -3.26. The summed E-state index contributed by atoms with van der Waals surface area (Å²) < 4.78 is 27.2. The molecule has 0 amide bonds. The van der Waals surface area contributed by atoms with Gasteiger partial charge >= 0.3 is 0 Å². The molecule has 0 aromatic heterocycles. The lowest BCUT2D eigenvalue weighted by atomic mass is 9.96. The minimum Gasteiger partial charge on any atom is -0.229 e. The van der Waals surface area contributed by atoms with Crippen LogP contribution in [0.3, 0.4) is 0 Å². The number of hydrogen-bond donors (Lipinski definition) is 0. The van der Waals surface area contributed by atoms with E-state index in [1.165, 1.54) is 0 Å². The van der Waals surface area contributed by atoms with Gasteiger partial charge in [0.2, 0.25) is 0 Å². The Balaban J connectivity index is 1.33. The van der Waals surface area contributed by atoms with E-state index < -0.39 is 18.5 Å². The highest BCUT2D eigenvalue weighted by Crippen LogP contribution is 2.33. The normalized spacial score (nSPS) is 27.5. The standard InChI is InChI=1S/C30H26Br4O2S/c31-27-7-3-1-5-25(27)13-19-29(33)15-9-23(10-16-29)21-37(35,36)22-24-11-17-30(34,18-12-24)20-14-26-6-2-4-8-28(26)32/h1-20,23-24H,21-22H2/b19-13+,20-14+. The molecule has 0 aliphatic heterocycles. The maximum Gasteiger partial charge on any atom is 0.152 e. The molecule has 0 bridgehead atoms. The van der Waals surface area contributed by atoms with E-state index in [0.29, 0.717) is 0 Å². The van der Waals surface area contributed by atoms with Gasteiger partial charge in [0.25, 0.3) is 0 Å². The summed E-state index contributed by atoms with van der Waals surface area (Å²) in [5, 5.41) is 0. The van der Waals surface area contributed by atoms with Gasteiger partial charge < -0.3 is 0 Å². The molecule has 2 aromatic carbocycles. The Morgan fingerprint density at radius 1 is 0.649 bits per heavy atom. The molecule has 0 saturated carbocycles. The third-order valence-electron chi connectivity index (χ3n) is 6.14. The van der Waals surface area contributed by atoms with Crippen LogP contribution >= 0.6 is 63.7 Å². The van der Waals surface area contributed by atoms with Crippen LogP contribution in [0.4, 0.5) is 0 Å². The van der Waals surface area contributed by atoms with Crippen molar-refractivity contribution in [2.75, 3.05) is 11.5 Å². The molecule has 0 atom stereocenters. The molecule has 2 nitrogen and oxygen atoms in total. The van der Waals surface area contributed by atoms with Crippen LogP contribution in [-0.2, 0) is 9.84 Å². The number of alkyl halides is 2. The molecule has 0 unspecified atom stereocenters. The van der Waals surface area contributed by atoms with Crippen LogP contribution in [0.15, 0.2) is 118 Å². The van der Waals surface area contributed by atoms with Crippen molar-refractivity contribution in [3.8, 4) is 0 Å². The van der Waals surface area contributed by atoms with Gasteiger partial charge in [-0.3, -0.25) is 0 Å². The first-order valence-corrected chi connectivity index (χ1v) is 16.8. The van der Waals surface area contributed by atoms with Crippen LogP contribution < -0.4 is 0 Å². The largest absolute Gasteiger partial charge is 0.229 e. The van der Waals surface area contributed by atoms with Crippen LogP contribution in [0.25, 0.3) is 12.2 Å². The monoisotopic (exact) mass is 766 g/mol. The van der Waals surface area contributed by atoms with Crippen molar-refractivity contribution < 1.29 is 8.42 Å². The summed E-state index contributed by atoms with van der Waals surface area (Å²) in [5.41, 5.74) is 2.16. The molecule has 0 radical (unpaired) electrons. The van der Waals surface area contributed by atoms with Crippen molar-refractivity contribution in [3.63, 3.8) is 0 Å². The smallest absolute Gasteiger partial charge is 0.152 e. The van der Waals surface area contributed by atoms with E-state index in [9.17, 15) is 8.42 Å². The van der Waals surface area contributed by atoms with E-state index in [0.717, 1.165) is 20.1 Å². The van der Waals surface area contributed by atoms with Gasteiger partial charge in [-0.2, -0.15) is 0 Å². The Morgan fingerprint density at radius 3 is 1.35 bits per heavy atom. The minimum absolute atomic E-state index is 0.0938. The number of sulfone groups is 1. The molecule has 192 valence electrons. The van der Waals surface area contributed by atoms with Crippen molar-refractivity contribution in [1.82, 2.24) is 0 Å². The second-order valence-corrected chi connectivity index (χ2v) is 15.8. The predicted molar refractivity (Wildman–Crippen MR) is 172 cm³/mol. The predicted octanol–water partition coefficient (Wildman–Crippen LogP) is 9.10. The summed E-state index contributed by atoms with van der Waals surface area (Å²) in [4.78, 5) is 0. The van der Waals surface area contributed by atoms with E-state index in [1.807, 2.05) is 109 Å². The fourth-order valence-electron chi connectivity index (χ4n) is 4.08.